The summed E-state index contributed by atoms with van der Waals surface area (Å²) in [5.74, 6) is -1.90. The average Bonchev–Trinajstić information content (AvgIpc) is 1.53. The third-order valence-corrected chi connectivity index (χ3v) is 25.1. The van der Waals surface area contributed by atoms with Crippen molar-refractivity contribution in [3.63, 3.8) is 0 Å². The number of ether oxygens (including phenoxy) is 12. The molecule has 0 spiro atoms. The van der Waals surface area contributed by atoms with Crippen LogP contribution in [0.3, 0.4) is 0 Å². The van der Waals surface area contributed by atoms with Gasteiger partial charge in [0.05, 0.1) is 157 Å². The van der Waals surface area contributed by atoms with Gasteiger partial charge in [-0.1, -0.05) is 77.0 Å². The van der Waals surface area contributed by atoms with Crippen molar-refractivity contribution in [2.24, 2.45) is 46.2 Å². The summed E-state index contributed by atoms with van der Waals surface area (Å²) < 4.78 is 107. The van der Waals surface area contributed by atoms with E-state index in [1.54, 1.807) is 20.8 Å². The standard InChI is InChI=1S/C90H142F2N10O23/c1-9-22-80-124-78-57-69-70-56-72(91)71-55-65(103)30-32-87(71,4)89(70,92)76(107)58-88(69,5)90(78,125-80)77(108)59-97-83(110)64(24-20-34-95-85(93)112)54-74(106)81(62(2)3)98-84(111)63(53-66(104)31-39-115-42-45-118-48-47-117-44-41-114-38-21-25-67(105)60-122-68-26-14-11-10-12-15-27-68)23-18-19-33-94-79(109)61-123-75-29-17-13-16-28-73-82(75)99-100-101(73)36-40-116-43-46-119-49-50-120-51-52-121-86(113)96-35-37-102(6,7)8/h30,32,55,62-64,68-70,72,75-76,78,80-81,107H,9-14,16-26,28-29,31,33-54,56-61H2,1-8H3,(H6-,93,94,95,96,97,98,109,110,111,112,113)/p+1/t63-,64+,68?,69-,70-,72-,75?,76-,78+,80?,81-,87-,88-,89-,90+/m0/s1. The van der Waals surface area contributed by atoms with Crippen molar-refractivity contribution < 1.29 is 123 Å². The van der Waals surface area contributed by atoms with E-state index in [1.165, 1.54) is 19.1 Å². The van der Waals surface area contributed by atoms with Crippen LogP contribution in [0.15, 0.2) is 23.8 Å². The van der Waals surface area contributed by atoms with E-state index >= 15 is 13.6 Å². The van der Waals surface area contributed by atoms with Crippen molar-refractivity contribution in [1.29, 1.82) is 0 Å². The number of nitrogens with two attached hydrogens (primary N) is 1. The number of aliphatic hydroxyl groups is 1. The molecule has 1 aromatic heterocycles. The predicted molar refractivity (Wildman–Crippen MR) is 454 cm³/mol. The van der Waals surface area contributed by atoms with Gasteiger partial charge in [-0.2, -0.15) is 0 Å². The van der Waals surface area contributed by atoms with E-state index in [2.05, 4.69) is 48.7 Å². The highest BCUT2D eigenvalue weighted by molar-refractivity contribution is 6.01. The molecule has 0 radical (unpaired) electrons. The third kappa shape index (κ3) is 31.0. The van der Waals surface area contributed by atoms with Crippen LogP contribution in [-0.2, 0) is 108 Å². The van der Waals surface area contributed by atoms with Gasteiger partial charge in [-0.05, 0) is 133 Å². The van der Waals surface area contributed by atoms with Gasteiger partial charge in [0, 0.05) is 80.4 Å². The molecule has 125 heavy (non-hydrogen) atoms. The lowest BCUT2D eigenvalue weighted by Crippen LogP contribution is -2.71. The number of amides is 6. The molecule has 3 unspecified atom stereocenters. The maximum Gasteiger partial charge on any atom is 0.407 e. The molecule has 1 aromatic rings. The molecule has 7 aliphatic rings. The number of hydrogen-bond acceptors (Lipinski definition) is 25. The first kappa shape index (κ1) is 103. The summed E-state index contributed by atoms with van der Waals surface area (Å²) in [6.07, 6.45) is 7.93. The molecular weight excluding hydrogens is 1630 g/mol. The minimum Gasteiger partial charge on any atom is -0.447 e. The minimum atomic E-state index is -2.45. The number of aromatic nitrogens is 3. The normalized spacial score (nSPS) is 25.8. The maximum absolute atomic E-state index is 18.3. The molecule has 4 fully saturated rings. The molecule has 1 saturated heterocycles. The Hall–Kier alpha value is -7.18. The molecule has 0 bridgehead atoms. The molecule has 8 N–H and O–H groups in total. The van der Waals surface area contributed by atoms with Gasteiger partial charge in [0.1, 0.15) is 49.7 Å². The van der Waals surface area contributed by atoms with Crippen molar-refractivity contribution in [1.82, 2.24) is 41.6 Å². The maximum atomic E-state index is 18.3. The molecule has 6 amide bonds. The van der Waals surface area contributed by atoms with Crippen LogP contribution in [0.2, 0.25) is 0 Å². The van der Waals surface area contributed by atoms with E-state index in [-0.39, 0.29) is 146 Å². The van der Waals surface area contributed by atoms with Crippen LogP contribution in [0.5, 0.6) is 0 Å². The molecule has 8 rings (SSSR count). The molecule has 15 atom stereocenters. The number of likely N-dealkylation sites (N-methyl/N-ethyl adjacent to an activating group) is 1. The molecule has 33 nitrogen and oxygen atoms in total. The fraction of sp³-hybridized carbons (Fsp3) is 0.800. The summed E-state index contributed by atoms with van der Waals surface area (Å²) in [6, 6.07) is -2.00. The van der Waals surface area contributed by atoms with Crippen LogP contribution >= 0.6 is 0 Å². The second-order valence-corrected chi connectivity index (χ2v) is 35.8. The third-order valence-electron chi connectivity index (χ3n) is 25.1. The lowest BCUT2D eigenvalue weighted by atomic mass is 9.44. The molecule has 6 aliphatic carbocycles. The van der Waals surface area contributed by atoms with Gasteiger partial charge in [-0.3, -0.25) is 38.4 Å². The summed E-state index contributed by atoms with van der Waals surface area (Å²) in [7, 11) is 6.12. The first-order valence-electron chi connectivity index (χ1n) is 45.6. The number of Topliss-reactive ketones (excluding diaryl/α,β-unsaturated/α-hetero) is 4. The highest BCUT2D eigenvalue weighted by Gasteiger charge is 2.80. The number of ketones is 5. The van der Waals surface area contributed by atoms with Gasteiger partial charge in [0.25, 0.3) is 0 Å². The van der Waals surface area contributed by atoms with E-state index in [0.717, 1.165) is 80.6 Å². The molecule has 0 aromatic carbocycles. The number of quaternary nitrogens is 1. The summed E-state index contributed by atoms with van der Waals surface area (Å²) >= 11 is 0. The first-order chi connectivity index (χ1) is 59.9. The van der Waals surface area contributed by atoms with Crippen molar-refractivity contribution in [2.45, 2.75) is 256 Å². The van der Waals surface area contributed by atoms with Crippen LogP contribution < -0.4 is 32.3 Å². The number of nitrogens with zero attached hydrogens (tertiary/aromatic N) is 4. The van der Waals surface area contributed by atoms with Crippen LogP contribution in [-0.4, -0.2) is 298 Å². The van der Waals surface area contributed by atoms with Crippen molar-refractivity contribution >= 4 is 58.8 Å². The topological polar surface area (TPSA) is 419 Å². The Morgan fingerprint density at radius 1 is 0.712 bits per heavy atom. The number of unbranched alkanes of at least 4 members (excludes halogenated alkanes) is 1. The fourth-order valence-corrected chi connectivity index (χ4v) is 18.4. The highest BCUT2D eigenvalue weighted by atomic mass is 19.1. The number of primary amides is 1. The Balaban J connectivity index is 0.823. The first-order valence-corrected chi connectivity index (χ1v) is 45.6. The number of carbonyl (C=O) groups excluding carboxylic acids is 10. The van der Waals surface area contributed by atoms with Crippen LogP contribution in [0.25, 0.3) is 0 Å². The number of allylic oxidation sites excluding steroid dienone is 4. The fourth-order valence-electron chi connectivity index (χ4n) is 18.4. The van der Waals surface area contributed by atoms with Gasteiger partial charge in [0.15, 0.2) is 40.7 Å². The van der Waals surface area contributed by atoms with Crippen molar-refractivity contribution in [3.05, 3.63) is 35.2 Å². The Morgan fingerprint density at radius 3 is 2.06 bits per heavy atom. The van der Waals surface area contributed by atoms with Gasteiger partial charge < -0.3 is 98.7 Å². The number of alkyl carbamates (subject to hydrolysis) is 1. The smallest absolute Gasteiger partial charge is 0.407 e. The Morgan fingerprint density at radius 2 is 1.37 bits per heavy atom. The minimum absolute atomic E-state index is 0.00281. The number of rotatable bonds is 60. The van der Waals surface area contributed by atoms with Crippen LogP contribution in [0.1, 0.15) is 206 Å². The Kier molecular flexibility index (Phi) is 43.3. The molecule has 3 saturated carbocycles. The largest absolute Gasteiger partial charge is 0.447 e. The van der Waals surface area contributed by atoms with Crippen molar-refractivity contribution in [3.8, 4) is 11.8 Å². The summed E-state index contributed by atoms with van der Waals surface area (Å²) in [4.78, 5) is 136. The molecule has 1 aliphatic heterocycles. The molecule has 2 heterocycles. The van der Waals surface area contributed by atoms with E-state index < -0.39 is 143 Å². The number of fused-ring (bicyclic) bond motifs is 8. The molecule has 35 heteroatoms. The lowest BCUT2D eigenvalue weighted by molar-refractivity contribution is -0.869. The van der Waals surface area contributed by atoms with E-state index in [1.807, 2.05) is 32.7 Å². The molecule has 704 valence electrons. The Labute approximate surface area is 735 Å². The Bertz CT molecular complexity index is 3760. The zero-order chi connectivity index (χ0) is 90.4. The van der Waals surface area contributed by atoms with Crippen LogP contribution in [0.4, 0.5) is 18.4 Å². The number of aliphatic hydroxyl groups excluding tert-OH is 1. The number of alkyl halides is 2. The van der Waals surface area contributed by atoms with Gasteiger partial charge in [-0.25, -0.2) is 23.1 Å². The van der Waals surface area contributed by atoms with E-state index in [0.29, 0.717) is 123 Å². The number of nitrogens with one attached hydrogen (secondary N) is 5. The van der Waals surface area contributed by atoms with Gasteiger partial charge in [0.2, 0.25) is 17.7 Å². The zero-order valence-electron chi connectivity index (χ0n) is 75.2. The SMILES string of the molecule is CCCC1O[C@@H]2C[C@H]3[C@@H]4C[C@H](F)C5=CC(=O)C=C[C@]5(C)[C@@]4(F)[C@@H](O)C[C@]3(C)[C@]2(C(=O)CNC(=O)[C@H](CCCNC(N)=O)CC(=O)[C@@H](NC(=O)[C@@H](CCCCNC(=O)COC2CCCCCc3c2nnn3CCOCCOCCOCCOC(=O)NCC[N+](C)(C)C)CC(=O)CCOCCOCCOCCOCCCC(=O)COC2C#CCCCCC2)C(C)C)O1. The number of halogens is 2. The second kappa shape index (κ2) is 52.5. The average molecular weight is 1770 g/mol. The number of urea groups is 1. The summed E-state index contributed by atoms with van der Waals surface area (Å²) in [6.45, 7) is 13.9. The van der Waals surface area contributed by atoms with E-state index in [4.69, 9.17) is 62.6 Å². The lowest BCUT2D eigenvalue weighted by Gasteiger charge is -2.63. The summed E-state index contributed by atoms with van der Waals surface area (Å²) in [5, 5.41) is 35.0. The highest BCUT2D eigenvalue weighted by Crippen LogP contribution is 2.72. The van der Waals surface area contributed by atoms with Crippen LogP contribution in [0, 0.1) is 52.3 Å². The van der Waals surface area contributed by atoms with Gasteiger partial charge in [-0.15, -0.1) is 11.0 Å². The number of carbonyl (C=O) groups is 10. The summed E-state index contributed by atoms with van der Waals surface area (Å²) in [5.41, 5.74) is -0.397. The molecular formula is C90H143F2N10O23+. The predicted octanol–water partition coefficient (Wildman–Crippen LogP) is 7.01. The number of hydrogen-bond donors (Lipinski definition) is 7. The zero-order valence-corrected chi connectivity index (χ0v) is 75.2. The van der Waals surface area contributed by atoms with E-state index in [9.17, 15) is 48.3 Å². The van der Waals surface area contributed by atoms with Crippen molar-refractivity contribution in [2.75, 3.05) is 166 Å². The quantitative estimate of drug-likeness (QED) is 0.0196. The van der Waals surface area contributed by atoms with Gasteiger partial charge >= 0.3 is 12.1 Å². The monoisotopic (exact) mass is 1770 g/mol. The second-order valence-electron chi connectivity index (χ2n) is 35.8.